The topological polar surface area (TPSA) is 75.6 Å². The molecule has 2 rings (SSSR count). The highest BCUT2D eigenvalue weighted by molar-refractivity contribution is 5.80. The number of hydrogen-bond acceptors (Lipinski definition) is 3. The van der Waals surface area contributed by atoms with Crippen LogP contribution < -0.4 is 10.1 Å². The minimum atomic E-state index is -0.830. The molecule has 1 aromatic carbocycles. The zero-order chi connectivity index (χ0) is 16.1. The molecule has 1 amide bonds. The van der Waals surface area contributed by atoms with Crippen molar-refractivity contribution in [3.63, 3.8) is 0 Å². The van der Waals surface area contributed by atoms with E-state index in [0.29, 0.717) is 31.6 Å². The predicted octanol–water partition coefficient (Wildman–Crippen LogP) is 2.21. The van der Waals surface area contributed by atoms with Crippen molar-refractivity contribution >= 4 is 11.9 Å². The fraction of sp³-hybridized carbons (Fsp3) is 0.500. The van der Waals surface area contributed by atoms with Crippen LogP contribution in [0.5, 0.6) is 5.75 Å². The number of halogens is 1. The van der Waals surface area contributed by atoms with Crippen LogP contribution in [0.3, 0.4) is 0 Å². The number of carboxylic acid groups (broad SMARTS) is 1. The highest BCUT2D eigenvalue weighted by Crippen LogP contribution is 2.31. The minimum Gasteiger partial charge on any atom is -0.489 e. The lowest BCUT2D eigenvalue weighted by Crippen LogP contribution is -2.36. The molecule has 0 bridgehead atoms. The Balaban J connectivity index is 1.74. The van der Waals surface area contributed by atoms with Crippen LogP contribution in [-0.4, -0.2) is 29.6 Å². The van der Waals surface area contributed by atoms with Gasteiger partial charge >= 0.3 is 5.97 Å². The Morgan fingerprint density at radius 2 is 1.95 bits per heavy atom. The Labute approximate surface area is 128 Å². The van der Waals surface area contributed by atoms with E-state index < -0.39 is 11.9 Å². The van der Waals surface area contributed by atoms with Gasteiger partial charge in [0, 0.05) is 5.92 Å². The molecule has 0 radical (unpaired) electrons. The van der Waals surface area contributed by atoms with Gasteiger partial charge in [-0.2, -0.15) is 0 Å². The van der Waals surface area contributed by atoms with Crippen molar-refractivity contribution in [3.05, 3.63) is 30.1 Å². The van der Waals surface area contributed by atoms with Crippen LogP contribution in [0.15, 0.2) is 24.3 Å². The summed E-state index contributed by atoms with van der Waals surface area (Å²) in [6.07, 6.45) is 1.30. The van der Waals surface area contributed by atoms with Gasteiger partial charge in [0.2, 0.25) is 5.91 Å². The Hall–Kier alpha value is -2.11. The standard InChI is InChI=1S/C16H20FNO4/c1-10(22-14-6-4-13(17)5-7-14)9-18-15(19)11-2-3-12(8-11)16(20)21/h4-7,10-12H,2-3,8-9H2,1H3,(H,18,19)(H,20,21)/t10?,11-,12+/m1/s1. The molecule has 1 fully saturated rings. The van der Waals surface area contributed by atoms with Gasteiger partial charge in [0.05, 0.1) is 12.5 Å². The maximum Gasteiger partial charge on any atom is 0.306 e. The molecule has 1 saturated carbocycles. The first kappa shape index (κ1) is 16.3. The summed E-state index contributed by atoms with van der Waals surface area (Å²) >= 11 is 0. The molecule has 120 valence electrons. The summed E-state index contributed by atoms with van der Waals surface area (Å²) in [7, 11) is 0. The summed E-state index contributed by atoms with van der Waals surface area (Å²) in [5, 5.41) is 11.7. The molecule has 1 aromatic rings. The summed E-state index contributed by atoms with van der Waals surface area (Å²) in [6, 6.07) is 5.68. The Morgan fingerprint density at radius 3 is 2.55 bits per heavy atom. The molecular formula is C16H20FNO4. The van der Waals surface area contributed by atoms with Crippen LogP contribution in [0.1, 0.15) is 26.2 Å². The third kappa shape index (κ3) is 4.44. The highest BCUT2D eigenvalue weighted by Gasteiger charge is 2.33. The number of ether oxygens (including phenoxy) is 1. The second kappa shape index (κ2) is 7.24. The predicted molar refractivity (Wildman–Crippen MR) is 78.0 cm³/mol. The van der Waals surface area contributed by atoms with Crippen LogP contribution in [0.25, 0.3) is 0 Å². The first-order valence-electron chi connectivity index (χ1n) is 7.38. The van der Waals surface area contributed by atoms with Gasteiger partial charge in [-0.15, -0.1) is 0 Å². The maximum atomic E-state index is 12.8. The van der Waals surface area contributed by atoms with Crippen molar-refractivity contribution in [2.75, 3.05) is 6.54 Å². The van der Waals surface area contributed by atoms with Crippen LogP contribution >= 0.6 is 0 Å². The molecule has 1 aliphatic carbocycles. The van der Waals surface area contributed by atoms with Crippen molar-refractivity contribution in [2.45, 2.75) is 32.3 Å². The van der Waals surface area contributed by atoms with E-state index in [2.05, 4.69) is 5.32 Å². The molecule has 0 aromatic heterocycles. The molecule has 1 unspecified atom stereocenters. The summed E-state index contributed by atoms with van der Waals surface area (Å²) in [6.45, 7) is 2.13. The maximum absolute atomic E-state index is 12.8. The molecular weight excluding hydrogens is 289 g/mol. The monoisotopic (exact) mass is 309 g/mol. The first-order valence-corrected chi connectivity index (χ1v) is 7.38. The molecule has 0 spiro atoms. The number of carbonyl (C=O) groups is 2. The van der Waals surface area contributed by atoms with E-state index in [4.69, 9.17) is 9.84 Å². The van der Waals surface area contributed by atoms with E-state index in [9.17, 15) is 14.0 Å². The van der Waals surface area contributed by atoms with Crippen LogP contribution in [0.2, 0.25) is 0 Å². The summed E-state index contributed by atoms with van der Waals surface area (Å²) in [4.78, 5) is 22.9. The molecule has 0 heterocycles. The van der Waals surface area contributed by atoms with Gasteiger partial charge in [-0.05, 0) is 50.5 Å². The van der Waals surface area contributed by atoms with Gasteiger partial charge in [0.1, 0.15) is 17.7 Å². The van der Waals surface area contributed by atoms with E-state index in [-0.39, 0.29) is 23.7 Å². The van der Waals surface area contributed by atoms with E-state index in [0.717, 1.165) is 0 Å². The van der Waals surface area contributed by atoms with Crippen molar-refractivity contribution < 1.29 is 23.8 Å². The summed E-state index contributed by atoms with van der Waals surface area (Å²) in [5.74, 6) is -1.40. The molecule has 0 aliphatic heterocycles. The van der Waals surface area contributed by atoms with E-state index in [1.54, 1.807) is 6.92 Å². The molecule has 2 N–H and O–H groups in total. The van der Waals surface area contributed by atoms with Crippen LogP contribution in [0.4, 0.5) is 4.39 Å². The lowest BCUT2D eigenvalue weighted by molar-refractivity contribution is -0.141. The molecule has 22 heavy (non-hydrogen) atoms. The quantitative estimate of drug-likeness (QED) is 0.845. The fourth-order valence-corrected chi connectivity index (χ4v) is 2.62. The fourth-order valence-electron chi connectivity index (χ4n) is 2.62. The molecule has 5 nitrogen and oxygen atoms in total. The van der Waals surface area contributed by atoms with Gasteiger partial charge in [0.25, 0.3) is 0 Å². The number of amides is 1. The SMILES string of the molecule is CC(CNC(=O)[C@@H]1CC[C@H](C(=O)O)C1)Oc1ccc(F)cc1. The van der Waals surface area contributed by atoms with Gasteiger partial charge in [0.15, 0.2) is 0 Å². The Bertz CT molecular complexity index is 531. The lowest BCUT2D eigenvalue weighted by atomic mass is 10.0. The van der Waals surface area contributed by atoms with Crippen LogP contribution in [0, 0.1) is 17.7 Å². The summed E-state index contributed by atoms with van der Waals surface area (Å²) < 4.78 is 18.4. The lowest BCUT2D eigenvalue weighted by Gasteiger charge is -2.17. The average molecular weight is 309 g/mol. The smallest absolute Gasteiger partial charge is 0.306 e. The normalized spacial score (nSPS) is 22.1. The highest BCUT2D eigenvalue weighted by atomic mass is 19.1. The van der Waals surface area contributed by atoms with Gasteiger partial charge in [-0.3, -0.25) is 9.59 Å². The zero-order valence-electron chi connectivity index (χ0n) is 12.4. The first-order chi connectivity index (χ1) is 10.5. The van der Waals surface area contributed by atoms with Crippen molar-refractivity contribution in [3.8, 4) is 5.75 Å². The third-order valence-electron chi connectivity index (χ3n) is 3.87. The number of hydrogen-bond donors (Lipinski definition) is 2. The molecule has 3 atom stereocenters. The largest absolute Gasteiger partial charge is 0.489 e. The molecule has 0 saturated heterocycles. The second-order valence-corrected chi connectivity index (χ2v) is 5.67. The molecule has 1 aliphatic rings. The number of nitrogens with one attached hydrogen (secondary N) is 1. The van der Waals surface area contributed by atoms with E-state index in [1.165, 1.54) is 24.3 Å². The van der Waals surface area contributed by atoms with Crippen molar-refractivity contribution in [1.82, 2.24) is 5.32 Å². The Kier molecular flexibility index (Phi) is 5.35. The van der Waals surface area contributed by atoms with Gasteiger partial charge in [-0.25, -0.2) is 4.39 Å². The van der Waals surface area contributed by atoms with Gasteiger partial charge in [-0.1, -0.05) is 0 Å². The number of carboxylic acids is 1. The Morgan fingerprint density at radius 1 is 1.32 bits per heavy atom. The minimum absolute atomic E-state index is 0.127. The van der Waals surface area contributed by atoms with E-state index in [1.807, 2.05) is 0 Å². The summed E-state index contributed by atoms with van der Waals surface area (Å²) in [5.41, 5.74) is 0. The third-order valence-corrected chi connectivity index (χ3v) is 3.87. The van der Waals surface area contributed by atoms with Crippen molar-refractivity contribution in [2.24, 2.45) is 11.8 Å². The second-order valence-electron chi connectivity index (χ2n) is 5.67. The number of benzene rings is 1. The van der Waals surface area contributed by atoms with Crippen LogP contribution in [-0.2, 0) is 9.59 Å². The zero-order valence-corrected chi connectivity index (χ0v) is 12.4. The van der Waals surface area contributed by atoms with E-state index >= 15 is 0 Å². The number of aliphatic carboxylic acids is 1. The van der Waals surface area contributed by atoms with Gasteiger partial charge < -0.3 is 15.2 Å². The average Bonchev–Trinajstić information content (AvgIpc) is 2.97. The number of rotatable bonds is 6. The molecule has 6 heteroatoms. The number of carbonyl (C=O) groups excluding carboxylic acids is 1. The van der Waals surface area contributed by atoms with Crippen molar-refractivity contribution in [1.29, 1.82) is 0 Å².